The summed E-state index contributed by atoms with van der Waals surface area (Å²) in [7, 11) is 5.45. The number of rotatable bonds is 9. The predicted octanol–water partition coefficient (Wildman–Crippen LogP) is 3.02. The molecule has 3 amide bonds. The molecule has 8 heteroatoms. The van der Waals surface area contributed by atoms with Crippen molar-refractivity contribution in [2.45, 2.75) is 57.5 Å². The third-order valence-electron chi connectivity index (χ3n) is 8.17. The van der Waals surface area contributed by atoms with Crippen LogP contribution in [0.2, 0.25) is 0 Å². The van der Waals surface area contributed by atoms with Crippen molar-refractivity contribution < 1.29 is 14.4 Å². The molecule has 2 atom stereocenters. The fraction of sp³-hybridized carbons (Fsp3) is 0.469. The van der Waals surface area contributed by atoms with Gasteiger partial charge in [0.25, 0.3) is 0 Å². The lowest BCUT2D eigenvalue weighted by Gasteiger charge is -2.45. The van der Waals surface area contributed by atoms with Crippen molar-refractivity contribution in [3.8, 4) is 0 Å². The monoisotopic (exact) mass is 545 g/mol. The van der Waals surface area contributed by atoms with E-state index in [-0.39, 0.29) is 24.3 Å². The second-order valence-corrected chi connectivity index (χ2v) is 12.0. The second kappa shape index (κ2) is 11.9. The van der Waals surface area contributed by atoms with Gasteiger partial charge < -0.3 is 16.0 Å². The number of fused-ring (bicyclic) bond motifs is 1. The Balaban J connectivity index is 1.64. The molecule has 0 saturated carbocycles. The van der Waals surface area contributed by atoms with Gasteiger partial charge in [0.2, 0.25) is 17.7 Å². The molecular formula is C32H43N5O3. The number of hydrogen-bond donors (Lipinski definition) is 2. The number of nitrogens with two attached hydrogens (primary N) is 1. The van der Waals surface area contributed by atoms with Crippen LogP contribution in [0.3, 0.4) is 0 Å². The second-order valence-electron chi connectivity index (χ2n) is 12.0. The predicted molar refractivity (Wildman–Crippen MR) is 158 cm³/mol. The molecule has 2 aliphatic rings. The van der Waals surface area contributed by atoms with Crippen LogP contribution in [0.4, 0.5) is 0 Å². The normalized spacial score (nSPS) is 19.6. The van der Waals surface area contributed by atoms with Gasteiger partial charge in [0.1, 0.15) is 6.04 Å². The molecule has 1 heterocycles. The van der Waals surface area contributed by atoms with E-state index in [1.165, 1.54) is 5.56 Å². The highest BCUT2D eigenvalue weighted by molar-refractivity contribution is 5.93. The van der Waals surface area contributed by atoms with E-state index in [0.717, 1.165) is 23.1 Å². The van der Waals surface area contributed by atoms with E-state index in [4.69, 9.17) is 5.73 Å². The fourth-order valence-corrected chi connectivity index (χ4v) is 5.76. The summed E-state index contributed by atoms with van der Waals surface area (Å²) in [6.45, 7) is 4.08. The minimum atomic E-state index is -1.14. The van der Waals surface area contributed by atoms with Crippen LogP contribution >= 0.6 is 0 Å². The molecular weight excluding hydrogens is 502 g/mol. The van der Waals surface area contributed by atoms with Crippen LogP contribution in [-0.4, -0.2) is 78.5 Å². The van der Waals surface area contributed by atoms with E-state index in [1.807, 2.05) is 56.6 Å². The number of carbonyl (C=O) groups is 3. The molecule has 40 heavy (non-hydrogen) atoms. The molecule has 0 spiro atoms. The molecule has 214 valence electrons. The lowest BCUT2D eigenvalue weighted by atomic mass is 9.74. The van der Waals surface area contributed by atoms with Crippen molar-refractivity contribution >= 4 is 23.3 Å². The Kier molecular flexibility index (Phi) is 8.80. The van der Waals surface area contributed by atoms with Crippen LogP contribution in [0.15, 0.2) is 60.7 Å². The number of hydrazine groups is 1. The average Bonchev–Trinajstić information content (AvgIpc) is 3.34. The molecule has 1 saturated heterocycles. The van der Waals surface area contributed by atoms with E-state index in [1.54, 1.807) is 35.8 Å². The van der Waals surface area contributed by atoms with Gasteiger partial charge in [0, 0.05) is 40.7 Å². The third kappa shape index (κ3) is 6.45. The maximum atomic E-state index is 14.2. The van der Waals surface area contributed by atoms with Gasteiger partial charge in [0.15, 0.2) is 0 Å². The summed E-state index contributed by atoms with van der Waals surface area (Å²) < 4.78 is 0. The Bertz CT molecular complexity index is 1270. The van der Waals surface area contributed by atoms with Gasteiger partial charge >= 0.3 is 0 Å². The summed E-state index contributed by atoms with van der Waals surface area (Å²) in [4.78, 5) is 43.0. The fourth-order valence-electron chi connectivity index (χ4n) is 5.76. The molecule has 2 aromatic carbocycles. The Morgan fingerprint density at radius 2 is 1.73 bits per heavy atom. The molecule has 8 nitrogen and oxygen atoms in total. The molecule has 1 fully saturated rings. The number of nitrogens with zero attached hydrogens (tertiary/aromatic N) is 3. The molecule has 0 aromatic heterocycles. The van der Waals surface area contributed by atoms with E-state index < -0.39 is 17.0 Å². The number of likely N-dealkylation sites (tertiary alicyclic amines) is 1. The largest absolute Gasteiger partial charge is 0.342 e. The molecule has 4 rings (SSSR count). The summed E-state index contributed by atoms with van der Waals surface area (Å²) in [6.07, 6.45) is 5.20. The Morgan fingerprint density at radius 1 is 1.05 bits per heavy atom. The molecule has 0 radical (unpaired) electrons. The van der Waals surface area contributed by atoms with Gasteiger partial charge in [-0.15, -0.1) is 0 Å². The van der Waals surface area contributed by atoms with Gasteiger partial charge in [0.05, 0.1) is 11.0 Å². The Hall–Kier alpha value is -3.49. The van der Waals surface area contributed by atoms with E-state index >= 15 is 0 Å². The summed E-state index contributed by atoms with van der Waals surface area (Å²) in [5.74, 6) is -0.580. The van der Waals surface area contributed by atoms with Gasteiger partial charge in [-0.2, -0.15) is 0 Å². The zero-order chi connectivity index (χ0) is 29.1. The molecule has 3 N–H and O–H groups in total. The number of piperidine rings is 1. The number of amides is 3. The number of nitrogens with one attached hydrogen (secondary N) is 1. The molecule has 0 unspecified atom stereocenters. The van der Waals surface area contributed by atoms with Crippen LogP contribution in [0.5, 0.6) is 0 Å². The lowest BCUT2D eigenvalue weighted by Crippen LogP contribution is -2.61. The average molecular weight is 546 g/mol. The molecule has 1 aliphatic heterocycles. The number of allylic oxidation sites excluding steroid dienone is 1. The first-order valence-corrected chi connectivity index (χ1v) is 14.1. The molecule has 0 bridgehead atoms. The summed E-state index contributed by atoms with van der Waals surface area (Å²) >= 11 is 0. The van der Waals surface area contributed by atoms with Crippen molar-refractivity contribution in [1.82, 2.24) is 20.2 Å². The lowest BCUT2D eigenvalue weighted by molar-refractivity contribution is -0.159. The van der Waals surface area contributed by atoms with Crippen LogP contribution in [-0.2, 0) is 27.2 Å². The van der Waals surface area contributed by atoms with Crippen molar-refractivity contribution in [2.24, 2.45) is 11.1 Å². The summed E-state index contributed by atoms with van der Waals surface area (Å²) in [5.41, 5.74) is 8.62. The first-order valence-electron chi connectivity index (χ1n) is 14.1. The van der Waals surface area contributed by atoms with Gasteiger partial charge in [-0.1, -0.05) is 60.7 Å². The topological polar surface area (TPSA) is 99.0 Å². The first kappa shape index (κ1) is 29.5. The van der Waals surface area contributed by atoms with Crippen LogP contribution in [0, 0.1) is 5.41 Å². The zero-order valence-corrected chi connectivity index (χ0v) is 24.4. The highest BCUT2D eigenvalue weighted by Gasteiger charge is 2.46. The number of carbonyl (C=O) groups excluding carboxylic acids is 3. The summed E-state index contributed by atoms with van der Waals surface area (Å²) in [6, 6.07) is 17.3. The maximum Gasteiger partial charge on any atom is 0.245 e. The van der Waals surface area contributed by atoms with Crippen LogP contribution in [0.25, 0.3) is 5.57 Å². The van der Waals surface area contributed by atoms with Crippen LogP contribution in [0.1, 0.15) is 49.8 Å². The first-order chi connectivity index (χ1) is 18.9. The highest BCUT2D eigenvalue weighted by atomic mass is 16.2. The van der Waals surface area contributed by atoms with Gasteiger partial charge in [-0.25, -0.2) is 5.01 Å². The van der Waals surface area contributed by atoms with Crippen molar-refractivity contribution in [3.63, 3.8) is 0 Å². The van der Waals surface area contributed by atoms with Gasteiger partial charge in [-0.05, 0) is 61.8 Å². The highest BCUT2D eigenvalue weighted by Crippen LogP contribution is 2.37. The number of hydrogen-bond acceptors (Lipinski definition) is 5. The Morgan fingerprint density at radius 3 is 2.40 bits per heavy atom. The third-order valence-corrected chi connectivity index (χ3v) is 8.17. The van der Waals surface area contributed by atoms with E-state index in [9.17, 15) is 14.4 Å². The quantitative estimate of drug-likeness (QED) is 0.472. The number of benzene rings is 2. The van der Waals surface area contributed by atoms with Gasteiger partial charge in [-0.3, -0.25) is 19.4 Å². The zero-order valence-electron chi connectivity index (χ0n) is 24.4. The minimum absolute atomic E-state index is 0.0186. The van der Waals surface area contributed by atoms with Crippen LogP contribution < -0.4 is 11.1 Å². The van der Waals surface area contributed by atoms with Crippen molar-refractivity contribution in [1.29, 1.82) is 0 Å². The summed E-state index contributed by atoms with van der Waals surface area (Å²) in [5, 5.41) is 6.36. The SMILES string of the molecule is CN(C)N(C)C(=O)[C@@]1(Cc2ccccc2)CCCN(C(=O)[C@@H](CC2=CCc3ccccc32)NC(=O)C(C)(C)N)C1. The minimum Gasteiger partial charge on any atom is -0.342 e. The maximum absolute atomic E-state index is 14.2. The van der Waals surface area contributed by atoms with Crippen molar-refractivity contribution in [2.75, 3.05) is 34.2 Å². The van der Waals surface area contributed by atoms with E-state index in [0.29, 0.717) is 32.2 Å². The standard InChI is InChI=1S/C32H43N5O3/c1-31(2,33)29(39)34-27(20-25-17-16-24-14-9-10-15-26(24)25)28(38)37-19-11-18-32(22-37,30(40)36(5)35(3)4)21-23-12-7-6-8-13-23/h6-10,12-15,17,27H,11,16,18-22,33H2,1-5H3,(H,34,39)/t27-,32-/m1/s1. The smallest absolute Gasteiger partial charge is 0.245 e. The van der Waals surface area contributed by atoms with E-state index in [2.05, 4.69) is 23.5 Å². The molecule has 2 aromatic rings. The Labute approximate surface area is 238 Å². The van der Waals surface area contributed by atoms with Crippen molar-refractivity contribution in [3.05, 3.63) is 77.4 Å². The molecule has 1 aliphatic carbocycles.